The fourth-order valence-electron chi connectivity index (χ4n) is 1.93. The standard InChI is InChI=1S/C15H22N2O4S/c1-4-14(15(18)16-11-5-6-11)21-13-9-7-12(8-10-13)17(2)22(3,19)20/h7-11,14H,4-6H2,1-3H3,(H,16,18)/t14-/m1/s1. The molecule has 22 heavy (non-hydrogen) atoms. The summed E-state index contributed by atoms with van der Waals surface area (Å²) in [7, 11) is -1.80. The molecule has 0 spiro atoms. The second-order valence-electron chi connectivity index (χ2n) is 5.52. The van der Waals surface area contributed by atoms with E-state index in [1.165, 1.54) is 11.4 Å². The number of carbonyl (C=O) groups is 1. The van der Waals surface area contributed by atoms with Crippen LogP contribution in [-0.4, -0.2) is 39.8 Å². The number of anilines is 1. The second-order valence-corrected chi connectivity index (χ2v) is 7.54. The van der Waals surface area contributed by atoms with Crippen molar-refractivity contribution in [3.63, 3.8) is 0 Å². The molecule has 1 atom stereocenters. The maximum Gasteiger partial charge on any atom is 0.261 e. The van der Waals surface area contributed by atoms with Crippen LogP contribution in [0.25, 0.3) is 0 Å². The van der Waals surface area contributed by atoms with Crippen LogP contribution in [0, 0.1) is 0 Å². The number of hydrogen-bond donors (Lipinski definition) is 1. The monoisotopic (exact) mass is 326 g/mol. The van der Waals surface area contributed by atoms with Crippen molar-refractivity contribution in [1.29, 1.82) is 0 Å². The van der Waals surface area contributed by atoms with Crippen molar-refractivity contribution in [1.82, 2.24) is 5.32 Å². The van der Waals surface area contributed by atoms with Crippen molar-refractivity contribution in [2.45, 2.75) is 38.3 Å². The van der Waals surface area contributed by atoms with E-state index in [1.807, 2.05) is 6.92 Å². The minimum Gasteiger partial charge on any atom is -0.481 e. The van der Waals surface area contributed by atoms with Gasteiger partial charge in [0.1, 0.15) is 5.75 Å². The molecule has 1 amide bonds. The molecule has 1 saturated carbocycles. The van der Waals surface area contributed by atoms with Crippen molar-refractivity contribution in [3.8, 4) is 5.75 Å². The van der Waals surface area contributed by atoms with Gasteiger partial charge in [-0.2, -0.15) is 0 Å². The molecule has 0 radical (unpaired) electrons. The van der Waals surface area contributed by atoms with Crippen LogP contribution in [0.5, 0.6) is 5.75 Å². The number of hydrogen-bond acceptors (Lipinski definition) is 4. The first-order valence-corrected chi connectivity index (χ1v) is 9.17. The van der Waals surface area contributed by atoms with Gasteiger partial charge in [0.15, 0.2) is 6.10 Å². The van der Waals surface area contributed by atoms with Crippen molar-refractivity contribution in [3.05, 3.63) is 24.3 Å². The summed E-state index contributed by atoms with van der Waals surface area (Å²) in [5.41, 5.74) is 0.547. The predicted octanol–water partition coefficient (Wildman–Crippen LogP) is 1.52. The highest BCUT2D eigenvalue weighted by atomic mass is 32.2. The van der Waals surface area contributed by atoms with Crippen LogP contribution in [0.15, 0.2) is 24.3 Å². The Labute approximate surface area is 131 Å². The van der Waals surface area contributed by atoms with E-state index in [1.54, 1.807) is 24.3 Å². The van der Waals surface area contributed by atoms with Crippen LogP contribution in [0.2, 0.25) is 0 Å². The number of amides is 1. The summed E-state index contributed by atoms with van der Waals surface area (Å²) in [5.74, 6) is 0.450. The van der Waals surface area contributed by atoms with Crippen LogP contribution in [-0.2, 0) is 14.8 Å². The minimum absolute atomic E-state index is 0.0951. The molecule has 1 aromatic rings. The van der Waals surface area contributed by atoms with Gasteiger partial charge in [0.25, 0.3) is 5.91 Å². The molecule has 0 aliphatic heterocycles. The van der Waals surface area contributed by atoms with Crippen LogP contribution in [0.3, 0.4) is 0 Å². The Morgan fingerprint density at radius 3 is 2.41 bits per heavy atom. The average molecular weight is 326 g/mol. The number of ether oxygens (including phenoxy) is 1. The molecule has 0 bridgehead atoms. The molecular weight excluding hydrogens is 304 g/mol. The molecular formula is C15H22N2O4S. The first kappa shape index (κ1) is 16.6. The molecule has 122 valence electrons. The summed E-state index contributed by atoms with van der Waals surface area (Å²) in [5, 5.41) is 2.92. The lowest BCUT2D eigenvalue weighted by atomic mass is 10.2. The maximum absolute atomic E-state index is 12.0. The number of rotatable bonds is 7. The van der Waals surface area contributed by atoms with E-state index in [9.17, 15) is 13.2 Å². The summed E-state index contributed by atoms with van der Waals surface area (Å²) in [6.07, 6.45) is 3.26. The molecule has 0 heterocycles. The van der Waals surface area contributed by atoms with Crippen LogP contribution in [0.4, 0.5) is 5.69 Å². The lowest BCUT2D eigenvalue weighted by Gasteiger charge is -2.19. The Morgan fingerprint density at radius 1 is 1.36 bits per heavy atom. The van der Waals surface area contributed by atoms with Crippen LogP contribution < -0.4 is 14.4 Å². The first-order valence-electron chi connectivity index (χ1n) is 7.32. The van der Waals surface area contributed by atoms with Gasteiger partial charge in [0.05, 0.1) is 11.9 Å². The fourth-order valence-corrected chi connectivity index (χ4v) is 2.44. The largest absolute Gasteiger partial charge is 0.481 e. The van der Waals surface area contributed by atoms with Crippen molar-refractivity contribution < 1.29 is 17.9 Å². The Kier molecular flexibility index (Phi) is 4.95. The van der Waals surface area contributed by atoms with Gasteiger partial charge in [-0.15, -0.1) is 0 Å². The van der Waals surface area contributed by atoms with E-state index >= 15 is 0 Å². The lowest BCUT2D eigenvalue weighted by Crippen LogP contribution is -2.39. The Balaban J connectivity index is 2.01. The van der Waals surface area contributed by atoms with Gasteiger partial charge in [-0.1, -0.05) is 6.92 Å². The normalized spacial score (nSPS) is 16.0. The number of nitrogens with zero attached hydrogens (tertiary/aromatic N) is 1. The Morgan fingerprint density at radius 2 is 1.95 bits per heavy atom. The summed E-state index contributed by atoms with van der Waals surface area (Å²) < 4.78 is 29.8. The zero-order valence-electron chi connectivity index (χ0n) is 13.1. The van der Waals surface area contributed by atoms with Crippen LogP contribution >= 0.6 is 0 Å². The van der Waals surface area contributed by atoms with Gasteiger partial charge in [-0.25, -0.2) is 8.42 Å². The number of nitrogens with one attached hydrogen (secondary N) is 1. The van der Waals surface area contributed by atoms with E-state index in [2.05, 4.69) is 5.32 Å². The Hall–Kier alpha value is -1.76. The molecule has 6 nitrogen and oxygen atoms in total. The van der Waals surface area contributed by atoms with E-state index < -0.39 is 16.1 Å². The smallest absolute Gasteiger partial charge is 0.261 e. The molecule has 2 rings (SSSR count). The molecule has 0 saturated heterocycles. The third-order valence-electron chi connectivity index (χ3n) is 3.56. The number of carbonyl (C=O) groups excluding carboxylic acids is 1. The van der Waals surface area contributed by atoms with Gasteiger partial charge in [0, 0.05) is 13.1 Å². The Bertz CT molecular complexity index is 623. The molecule has 7 heteroatoms. The van der Waals surface area contributed by atoms with Gasteiger partial charge in [0.2, 0.25) is 10.0 Å². The van der Waals surface area contributed by atoms with E-state index in [0.29, 0.717) is 23.9 Å². The average Bonchev–Trinajstić information content (AvgIpc) is 3.27. The van der Waals surface area contributed by atoms with Crippen LogP contribution in [0.1, 0.15) is 26.2 Å². The summed E-state index contributed by atoms with van der Waals surface area (Å²) >= 11 is 0. The molecule has 1 aromatic carbocycles. The molecule has 1 aliphatic rings. The second kappa shape index (κ2) is 6.56. The van der Waals surface area contributed by atoms with Gasteiger partial charge in [-0.05, 0) is 43.5 Å². The third-order valence-corrected chi connectivity index (χ3v) is 4.77. The molecule has 0 aromatic heterocycles. The van der Waals surface area contributed by atoms with E-state index in [4.69, 9.17) is 4.74 Å². The number of benzene rings is 1. The van der Waals surface area contributed by atoms with E-state index in [-0.39, 0.29) is 5.91 Å². The summed E-state index contributed by atoms with van der Waals surface area (Å²) in [6.45, 7) is 1.89. The first-order chi connectivity index (χ1) is 10.3. The lowest BCUT2D eigenvalue weighted by molar-refractivity contribution is -0.128. The SMILES string of the molecule is CC[C@@H](Oc1ccc(N(C)S(C)(=O)=O)cc1)C(=O)NC1CC1. The predicted molar refractivity (Wildman–Crippen MR) is 85.6 cm³/mol. The quantitative estimate of drug-likeness (QED) is 0.824. The topological polar surface area (TPSA) is 75.7 Å². The van der Waals surface area contributed by atoms with E-state index in [0.717, 1.165) is 19.1 Å². The van der Waals surface area contributed by atoms with Gasteiger partial charge in [-0.3, -0.25) is 9.10 Å². The van der Waals surface area contributed by atoms with Gasteiger partial charge >= 0.3 is 0 Å². The maximum atomic E-state index is 12.0. The van der Waals surface area contributed by atoms with Gasteiger partial charge < -0.3 is 10.1 Å². The highest BCUT2D eigenvalue weighted by molar-refractivity contribution is 7.92. The fraction of sp³-hybridized carbons (Fsp3) is 0.533. The zero-order chi connectivity index (χ0) is 16.3. The van der Waals surface area contributed by atoms with Crippen molar-refractivity contribution in [2.75, 3.05) is 17.6 Å². The van der Waals surface area contributed by atoms with Crippen molar-refractivity contribution >= 4 is 21.6 Å². The molecule has 1 aliphatic carbocycles. The highest BCUT2D eigenvalue weighted by Crippen LogP contribution is 2.22. The number of sulfonamides is 1. The molecule has 1 N–H and O–H groups in total. The minimum atomic E-state index is -3.29. The molecule has 0 unspecified atom stereocenters. The summed E-state index contributed by atoms with van der Waals surface area (Å²) in [6, 6.07) is 6.95. The van der Waals surface area contributed by atoms with Crippen molar-refractivity contribution in [2.24, 2.45) is 0 Å². The summed E-state index contributed by atoms with van der Waals surface area (Å²) in [4.78, 5) is 12.0. The third kappa shape index (κ3) is 4.37. The zero-order valence-corrected chi connectivity index (χ0v) is 13.9. The molecule has 1 fully saturated rings. The highest BCUT2D eigenvalue weighted by Gasteiger charge is 2.27.